The number of hydrogen-bond acceptors (Lipinski definition) is 6. The molecule has 1 atom stereocenters. The number of benzene rings is 2. The maximum Gasteiger partial charge on any atom is 0.306 e. The van der Waals surface area contributed by atoms with Gasteiger partial charge in [-0.2, -0.15) is 16.9 Å². The number of esters is 1. The van der Waals surface area contributed by atoms with E-state index in [9.17, 15) is 9.59 Å². The minimum Gasteiger partial charge on any atom is -0.466 e. The van der Waals surface area contributed by atoms with Crippen LogP contribution in [0.1, 0.15) is 46.8 Å². The molecule has 0 saturated carbocycles. The van der Waals surface area contributed by atoms with Crippen LogP contribution in [0.25, 0.3) is 0 Å². The van der Waals surface area contributed by atoms with Gasteiger partial charge >= 0.3 is 5.97 Å². The molecular formula is C27H33N3O3S. The lowest BCUT2D eigenvalue weighted by Gasteiger charge is -2.26. The Bertz CT molecular complexity index is 1030. The number of hydrazone groups is 1. The third-order valence-corrected chi connectivity index (χ3v) is 7.43. The van der Waals surface area contributed by atoms with E-state index in [0.717, 1.165) is 55.1 Å². The summed E-state index contributed by atoms with van der Waals surface area (Å²) in [5, 5.41) is 6.65. The van der Waals surface area contributed by atoms with Crippen molar-refractivity contribution in [1.82, 2.24) is 5.01 Å². The van der Waals surface area contributed by atoms with Crippen molar-refractivity contribution >= 4 is 35.5 Å². The first kappa shape index (κ1) is 24.3. The van der Waals surface area contributed by atoms with E-state index in [4.69, 9.17) is 4.74 Å². The van der Waals surface area contributed by atoms with Gasteiger partial charge in [-0.05, 0) is 73.1 Å². The quantitative estimate of drug-likeness (QED) is 0.435. The highest BCUT2D eigenvalue weighted by Gasteiger charge is 2.23. The van der Waals surface area contributed by atoms with Crippen LogP contribution in [-0.4, -0.2) is 61.3 Å². The summed E-state index contributed by atoms with van der Waals surface area (Å²) >= 11 is 1.96. The lowest BCUT2D eigenvalue weighted by atomic mass is 9.82. The molecule has 1 unspecified atom stereocenters. The summed E-state index contributed by atoms with van der Waals surface area (Å²) in [7, 11) is 1.81. The number of carbonyl (C=O) groups is 2. The maximum atomic E-state index is 13.1. The van der Waals surface area contributed by atoms with E-state index in [2.05, 4.69) is 22.2 Å². The molecule has 6 nitrogen and oxygen atoms in total. The molecule has 7 heteroatoms. The molecule has 4 rings (SSSR count). The van der Waals surface area contributed by atoms with Crippen molar-refractivity contribution < 1.29 is 14.3 Å². The minimum absolute atomic E-state index is 0.0459. The van der Waals surface area contributed by atoms with Crippen molar-refractivity contribution in [2.24, 2.45) is 11.0 Å². The van der Waals surface area contributed by atoms with Crippen LogP contribution in [0.3, 0.4) is 0 Å². The van der Waals surface area contributed by atoms with Gasteiger partial charge < -0.3 is 9.64 Å². The Balaban J connectivity index is 1.39. The summed E-state index contributed by atoms with van der Waals surface area (Å²) in [6.07, 6.45) is 5.11. The van der Waals surface area contributed by atoms with Crippen molar-refractivity contribution in [1.29, 1.82) is 0 Å². The Morgan fingerprint density at radius 2 is 1.91 bits per heavy atom. The topological polar surface area (TPSA) is 62.2 Å². The Kier molecular flexibility index (Phi) is 8.27. The van der Waals surface area contributed by atoms with Gasteiger partial charge in [0.2, 0.25) is 0 Å². The summed E-state index contributed by atoms with van der Waals surface area (Å²) in [5.41, 5.74) is 5.03. The molecule has 0 aromatic heterocycles. The Labute approximate surface area is 206 Å². The number of ether oxygens (including phenoxy) is 1. The second-order valence-corrected chi connectivity index (χ2v) is 10.1. The van der Waals surface area contributed by atoms with Gasteiger partial charge in [-0.15, -0.1) is 0 Å². The van der Waals surface area contributed by atoms with Gasteiger partial charge in [0.05, 0.1) is 12.8 Å². The zero-order chi connectivity index (χ0) is 23.9. The second-order valence-electron chi connectivity index (χ2n) is 8.87. The number of anilines is 1. The summed E-state index contributed by atoms with van der Waals surface area (Å²) in [6.45, 7) is 4.22. The fraction of sp³-hybridized carbons (Fsp3) is 0.444. The van der Waals surface area contributed by atoms with Crippen molar-refractivity contribution in [3.8, 4) is 0 Å². The second kappa shape index (κ2) is 11.6. The zero-order valence-electron chi connectivity index (χ0n) is 20.0. The molecule has 180 valence electrons. The van der Waals surface area contributed by atoms with Crippen molar-refractivity contribution in [2.75, 3.05) is 43.1 Å². The highest BCUT2D eigenvalue weighted by atomic mass is 32.2. The van der Waals surface area contributed by atoms with Crippen molar-refractivity contribution in [3.63, 3.8) is 0 Å². The molecule has 0 bridgehead atoms. The third-order valence-electron chi connectivity index (χ3n) is 6.49. The van der Waals surface area contributed by atoms with Crippen LogP contribution < -0.4 is 4.90 Å². The molecule has 1 heterocycles. The Hall–Kier alpha value is -2.80. The number of thioether (sulfide) groups is 1. The van der Waals surface area contributed by atoms with E-state index in [0.29, 0.717) is 24.5 Å². The molecule has 1 fully saturated rings. The number of nitrogens with zero attached hydrogens (tertiary/aromatic N) is 3. The molecular weight excluding hydrogens is 446 g/mol. The molecule has 34 heavy (non-hydrogen) atoms. The van der Waals surface area contributed by atoms with Crippen LogP contribution >= 0.6 is 11.8 Å². The fourth-order valence-electron chi connectivity index (χ4n) is 4.50. The molecule has 2 aromatic rings. The van der Waals surface area contributed by atoms with Crippen LogP contribution in [0.15, 0.2) is 47.6 Å². The summed E-state index contributed by atoms with van der Waals surface area (Å²) < 4.78 is 5.13. The number of rotatable bonds is 7. The van der Waals surface area contributed by atoms with Gasteiger partial charge in [-0.3, -0.25) is 14.6 Å². The average Bonchev–Trinajstić information content (AvgIpc) is 2.87. The highest BCUT2D eigenvalue weighted by Crippen LogP contribution is 2.31. The Morgan fingerprint density at radius 1 is 1.15 bits per heavy atom. The average molecular weight is 480 g/mol. The first-order valence-corrected chi connectivity index (χ1v) is 13.2. The maximum absolute atomic E-state index is 13.1. The van der Waals surface area contributed by atoms with Crippen molar-refractivity contribution in [2.45, 2.75) is 32.6 Å². The van der Waals surface area contributed by atoms with Crippen molar-refractivity contribution in [3.05, 3.63) is 64.7 Å². The van der Waals surface area contributed by atoms with Gasteiger partial charge in [-0.1, -0.05) is 18.2 Å². The van der Waals surface area contributed by atoms with Crippen LogP contribution in [0, 0.1) is 5.92 Å². The van der Waals surface area contributed by atoms with E-state index in [-0.39, 0.29) is 11.9 Å². The van der Waals surface area contributed by atoms with Gasteiger partial charge in [-0.25, -0.2) is 0 Å². The molecule has 2 aromatic carbocycles. The number of aryl methyl sites for hydroxylation is 1. The molecule has 1 aliphatic carbocycles. The first-order chi connectivity index (χ1) is 16.5. The molecule has 0 spiro atoms. The predicted molar refractivity (Wildman–Crippen MR) is 139 cm³/mol. The van der Waals surface area contributed by atoms with Gasteiger partial charge in [0.15, 0.2) is 0 Å². The zero-order valence-corrected chi connectivity index (χ0v) is 20.9. The smallest absolute Gasteiger partial charge is 0.306 e. The standard InChI is InChI=1S/C27H33N3O3S/c1-3-33-26(31)17-21-6-7-22-10-11-25(18-24(22)16-21)29(2)27(32)23-8-4-20(5-9-23)19-28-30-12-14-34-15-13-30/h4-5,8-11,18-19,21H,3,6-7,12-17H2,1-2H3. The van der Waals surface area contributed by atoms with Gasteiger partial charge in [0, 0.05) is 49.3 Å². The minimum atomic E-state index is -0.122. The van der Waals surface area contributed by atoms with E-state index in [1.165, 1.54) is 11.1 Å². The van der Waals surface area contributed by atoms with E-state index in [1.807, 2.05) is 62.3 Å². The number of carbonyl (C=O) groups excluding carboxylic acids is 2. The molecule has 0 radical (unpaired) electrons. The normalized spacial score (nSPS) is 17.9. The number of hydrogen-bond donors (Lipinski definition) is 0. The van der Waals surface area contributed by atoms with Crippen LogP contribution in [0.2, 0.25) is 0 Å². The largest absolute Gasteiger partial charge is 0.466 e. The van der Waals surface area contributed by atoms with E-state index < -0.39 is 0 Å². The summed E-state index contributed by atoms with van der Waals surface area (Å²) in [6, 6.07) is 13.8. The molecule has 0 N–H and O–H groups in total. The molecule has 1 aliphatic heterocycles. The summed E-state index contributed by atoms with van der Waals surface area (Å²) in [4.78, 5) is 26.7. The van der Waals surface area contributed by atoms with Gasteiger partial charge in [0.1, 0.15) is 0 Å². The van der Waals surface area contributed by atoms with E-state index >= 15 is 0 Å². The highest BCUT2D eigenvalue weighted by molar-refractivity contribution is 7.99. The first-order valence-electron chi connectivity index (χ1n) is 12.1. The van der Waals surface area contributed by atoms with Crippen LogP contribution in [0.5, 0.6) is 0 Å². The van der Waals surface area contributed by atoms with Gasteiger partial charge in [0.25, 0.3) is 5.91 Å². The lowest BCUT2D eigenvalue weighted by molar-refractivity contribution is -0.144. The predicted octanol–water partition coefficient (Wildman–Crippen LogP) is 4.40. The molecule has 1 amide bonds. The number of fused-ring (bicyclic) bond motifs is 1. The van der Waals surface area contributed by atoms with E-state index in [1.54, 1.807) is 4.90 Å². The third kappa shape index (κ3) is 6.20. The van der Waals surface area contributed by atoms with Crippen LogP contribution in [0.4, 0.5) is 5.69 Å². The number of amides is 1. The summed E-state index contributed by atoms with van der Waals surface area (Å²) in [5.74, 6) is 2.36. The van der Waals surface area contributed by atoms with Crippen LogP contribution in [-0.2, 0) is 22.4 Å². The molecule has 1 saturated heterocycles. The SMILES string of the molecule is CCOC(=O)CC1CCc2ccc(N(C)C(=O)c3ccc(C=NN4CCSCC4)cc3)cc2C1. The monoisotopic (exact) mass is 479 g/mol. The lowest BCUT2D eigenvalue weighted by Crippen LogP contribution is -2.28. The Morgan fingerprint density at radius 3 is 2.65 bits per heavy atom. The fourth-order valence-corrected chi connectivity index (χ4v) is 5.38. The molecule has 2 aliphatic rings.